The minimum atomic E-state index is -0.0456. The average molecular weight is 216 g/mol. The molecule has 2 N–H and O–H groups in total. The second kappa shape index (κ2) is 3.07. The maximum Gasteiger partial charge on any atom is 0.198 e. The number of oxazole rings is 1. The summed E-state index contributed by atoms with van der Waals surface area (Å²) in [5.41, 5.74) is 8.06. The smallest absolute Gasteiger partial charge is 0.198 e. The number of Topliss-reactive ketones (excluding diaryl/α,β-unsaturated/α-hetero) is 1. The third-order valence-electron chi connectivity index (χ3n) is 2.83. The van der Waals surface area contributed by atoms with Crippen LogP contribution in [0.25, 0.3) is 11.1 Å². The fourth-order valence-electron chi connectivity index (χ4n) is 1.84. The van der Waals surface area contributed by atoms with Gasteiger partial charge in [-0.3, -0.25) is 4.79 Å². The molecule has 2 aromatic rings. The lowest BCUT2D eigenvalue weighted by atomic mass is 10.1. The minimum absolute atomic E-state index is 0.0456. The lowest BCUT2D eigenvalue weighted by Gasteiger charge is -1.98. The number of hydrogen-bond acceptors (Lipinski definition) is 4. The van der Waals surface area contributed by atoms with Crippen molar-refractivity contribution < 1.29 is 9.21 Å². The van der Waals surface area contributed by atoms with Crippen molar-refractivity contribution in [2.45, 2.75) is 25.7 Å². The Labute approximate surface area is 92.4 Å². The van der Waals surface area contributed by atoms with Gasteiger partial charge in [-0.05, 0) is 31.9 Å². The van der Waals surface area contributed by atoms with E-state index in [9.17, 15) is 4.79 Å². The van der Waals surface area contributed by atoms with Crippen molar-refractivity contribution in [3.8, 4) is 0 Å². The molecule has 0 unspecified atom stereocenters. The number of hydrogen-bond donors (Lipinski definition) is 1. The van der Waals surface area contributed by atoms with Gasteiger partial charge >= 0.3 is 0 Å². The Hall–Kier alpha value is -1.84. The highest BCUT2D eigenvalue weighted by atomic mass is 16.3. The van der Waals surface area contributed by atoms with Gasteiger partial charge in [0.2, 0.25) is 0 Å². The van der Waals surface area contributed by atoms with Crippen LogP contribution in [0.2, 0.25) is 0 Å². The molecular formula is C12H12N2O2. The zero-order valence-electron chi connectivity index (χ0n) is 8.99. The van der Waals surface area contributed by atoms with Crippen LogP contribution in [0.15, 0.2) is 16.5 Å². The van der Waals surface area contributed by atoms with Gasteiger partial charge in [-0.1, -0.05) is 0 Å². The zero-order chi connectivity index (χ0) is 11.3. The van der Waals surface area contributed by atoms with E-state index in [1.165, 1.54) is 6.92 Å². The molecule has 1 fully saturated rings. The number of carbonyl (C=O) groups excluding carboxylic acids is 1. The van der Waals surface area contributed by atoms with E-state index in [-0.39, 0.29) is 5.78 Å². The molecule has 0 amide bonds. The van der Waals surface area contributed by atoms with Crippen LogP contribution in [-0.2, 0) is 0 Å². The largest absolute Gasteiger partial charge is 0.440 e. The summed E-state index contributed by atoms with van der Waals surface area (Å²) in [7, 11) is 0. The SMILES string of the molecule is CC(=O)c1cc(N)cc2nc(C3CC3)oc12. The monoisotopic (exact) mass is 216 g/mol. The van der Waals surface area contributed by atoms with E-state index in [4.69, 9.17) is 10.2 Å². The average Bonchev–Trinajstić information content (AvgIpc) is 2.98. The maximum absolute atomic E-state index is 11.5. The zero-order valence-corrected chi connectivity index (χ0v) is 8.99. The third kappa shape index (κ3) is 1.38. The van der Waals surface area contributed by atoms with Crippen molar-refractivity contribution in [3.63, 3.8) is 0 Å². The van der Waals surface area contributed by atoms with E-state index in [1.807, 2.05) is 0 Å². The van der Waals surface area contributed by atoms with Crippen LogP contribution in [0.5, 0.6) is 0 Å². The van der Waals surface area contributed by atoms with Gasteiger partial charge in [-0.15, -0.1) is 0 Å². The standard InChI is InChI=1S/C12H12N2O2/c1-6(15)9-4-8(13)5-10-11(9)16-12(14-10)7-2-3-7/h4-5,7H,2-3,13H2,1H3. The van der Waals surface area contributed by atoms with Crippen molar-refractivity contribution in [2.75, 3.05) is 5.73 Å². The first-order valence-electron chi connectivity index (χ1n) is 5.36. The molecule has 0 saturated heterocycles. The van der Waals surface area contributed by atoms with E-state index in [0.717, 1.165) is 18.7 Å². The first-order chi connectivity index (χ1) is 7.65. The van der Waals surface area contributed by atoms with E-state index < -0.39 is 0 Å². The molecule has 0 bridgehead atoms. The van der Waals surface area contributed by atoms with Crippen molar-refractivity contribution >= 4 is 22.6 Å². The number of rotatable bonds is 2. The van der Waals surface area contributed by atoms with Crippen LogP contribution in [0.4, 0.5) is 5.69 Å². The number of fused-ring (bicyclic) bond motifs is 1. The lowest BCUT2D eigenvalue weighted by Crippen LogP contribution is -1.95. The van der Waals surface area contributed by atoms with Crippen molar-refractivity contribution in [1.29, 1.82) is 0 Å². The molecule has 1 heterocycles. The highest BCUT2D eigenvalue weighted by Gasteiger charge is 2.29. The molecule has 3 rings (SSSR count). The molecule has 1 aliphatic rings. The number of nitrogens with two attached hydrogens (primary N) is 1. The highest BCUT2D eigenvalue weighted by Crippen LogP contribution is 2.41. The predicted molar refractivity (Wildman–Crippen MR) is 60.4 cm³/mol. The van der Waals surface area contributed by atoms with Crippen molar-refractivity contribution in [3.05, 3.63) is 23.6 Å². The van der Waals surface area contributed by atoms with Gasteiger partial charge in [0.1, 0.15) is 5.52 Å². The third-order valence-corrected chi connectivity index (χ3v) is 2.83. The van der Waals surface area contributed by atoms with Crippen LogP contribution in [-0.4, -0.2) is 10.8 Å². The second-order valence-electron chi connectivity index (χ2n) is 4.30. The summed E-state index contributed by atoms with van der Waals surface area (Å²) in [6.07, 6.45) is 2.25. The molecule has 0 atom stereocenters. The molecule has 1 saturated carbocycles. The Morgan fingerprint density at radius 3 is 2.88 bits per heavy atom. The van der Waals surface area contributed by atoms with Crippen LogP contribution in [0.3, 0.4) is 0 Å². The molecule has 4 nitrogen and oxygen atoms in total. The quantitative estimate of drug-likeness (QED) is 0.618. The Morgan fingerprint density at radius 1 is 1.50 bits per heavy atom. The molecule has 1 aromatic heterocycles. The normalized spacial score (nSPS) is 15.6. The molecule has 82 valence electrons. The number of aromatic nitrogens is 1. The molecule has 1 aliphatic carbocycles. The minimum Gasteiger partial charge on any atom is -0.440 e. The molecule has 0 aliphatic heterocycles. The number of nitrogens with zero attached hydrogens (tertiary/aromatic N) is 1. The summed E-state index contributed by atoms with van der Waals surface area (Å²) in [4.78, 5) is 15.8. The van der Waals surface area contributed by atoms with Crippen molar-refractivity contribution in [2.24, 2.45) is 0 Å². The topological polar surface area (TPSA) is 69.1 Å². The number of anilines is 1. The number of ketones is 1. The summed E-state index contributed by atoms with van der Waals surface area (Å²) in [6.45, 7) is 1.51. The molecule has 4 heteroatoms. The number of carbonyl (C=O) groups is 1. The summed E-state index contributed by atoms with van der Waals surface area (Å²) in [5.74, 6) is 1.13. The summed E-state index contributed by atoms with van der Waals surface area (Å²) < 4.78 is 5.65. The maximum atomic E-state index is 11.5. The first-order valence-corrected chi connectivity index (χ1v) is 5.36. The van der Waals surface area contributed by atoms with Crippen molar-refractivity contribution in [1.82, 2.24) is 4.98 Å². The van der Waals surface area contributed by atoms with Gasteiger partial charge in [-0.2, -0.15) is 0 Å². The van der Waals surface area contributed by atoms with E-state index in [1.54, 1.807) is 12.1 Å². The van der Waals surface area contributed by atoms with Gasteiger partial charge in [0.25, 0.3) is 0 Å². The fraction of sp³-hybridized carbons (Fsp3) is 0.333. The van der Waals surface area contributed by atoms with Crippen LogP contribution in [0, 0.1) is 0 Å². The van der Waals surface area contributed by atoms with Crippen LogP contribution >= 0.6 is 0 Å². The lowest BCUT2D eigenvalue weighted by molar-refractivity contribution is 0.101. The van der Waals surface area contributed by atoms with Gasteiger partial charge in [0.15, 0.2) is 17.3 Å². The fourth-order valence-corrected chi connectivity index (χ4v) is 1.84. The predicted octanol–water partition coefficient (Wildman–Crippen LogP) is 2.49. The van der Waals surface area contributed by atoms with Gasteiger partial charge in [-0.25, -0.2) is 4.98 Å². The Kier molecular flexibility index (Phi) is 1.80. The Morgan fingerprint density at radius 2 is 2.25 bits per heavy atom. The van der Waals surface area contributed by atoms with Crippen LogP contribution < -0.4 is 5.73 Å². The van der Waals surface area contributed by atoms with E-state index >= 15 is 0 Å². The summed E-state index contributed by atoms with van der Waals surface area (Å²) >= 11 is 0. The summed E-state index contributed by atoms with van der Waals surface area (Å²) in [6, 6.07) is 3.39. The van der Waals surface area contributed by atoms with E-state index in [0.29, 0.717) is 28.3 Å². The van der Waals surface area contributed by atoms with Crippen LogP contribution in [0.1, 0.15) is 41.9 Å². The second-order valence-corrected chi connectivity index (χ2v) is 4.30. The highest BCUT2D eigenvalue weighted by molar-refractivity contribution is 6.05. The summed E-state index contributed by atoms with van der Waals surface area (Å²) in [5, 5.41) is 0. The molecule has 16 heavy (non-hydrogen) atoms. The molecule has 0 spiro atoms. The van der Waals surface area contributed by atoms with E-state index in [2.05, 4.69) is 4.98 Å². The Bertz CT molecular complexity index is 582. The van der Waals surface area contributed by atoms with Gasteiger partial charge in [0.05, 0.1) is 5.56 Å². The number of benzene rings is 1. The number of nitrogen functional groups attached to an aromatic ring is 1. The first kappa shape index (κ1) is 9.39. The molecular weight excluding hydrogens is 204 g/mol. The molecule has 1 aromatic carbocycles. The van der Waals surface area contributed by atoms with Gasteiger partial charge < -0.3 is 10.2 Å². The Balaban J connectivity index is 2.27. The molecule has 0 radical (unpaired) electrons. The van der Waals surface area contributed by atoms with Gasteiger partial charge in [0, 0.05) is 11.6 Å².